The van der Waals surface area contributed by atoms with Gasteiger partial charge in [0.2, 0.25) is 17.8 Å². The van der Waals surface area contributed by atoms with Gasteiger partial charge < -0.3 is 10.2 Å². The summed E-state index contributed by atoms with van der Waals surface area (Å²) in [7, 11) is 3.44. The summed E-state index contributed by atoms with van der Waals surface area (Å²) in [6.07, 6.45) is 5.79. The third-order valence-corrected chi connectivity index (χ3v) is 5.40. The fourth-order valence-electron chi connectivity index (χ4n) is 3.40. The number of aromatic nitrogens is 4. The number of nitriles is 1. The van der Waals surface area contributed by atoms with Gasteiger partial charge in [-0.1, -0.05) is 13.8 Å². The van der Waals surface area contributed by atoms with Gasteiger partial charge in [0.15, 0.2) is 0 Å². The van der Waals surface area contributed by atoms with Gasteiger partial charge in [-0.2, -0.15) is 15.3 Å². The van der Waals surface area contributed by atoms with Crippen molar-refractivity contribution in [2.45, 2.75) is 33.2 Å². The summed E-state index contributed by atoms with van der Waals surface area (Å²) >= 11 is 0. The van der Waals surface area contributed by atoms with E-state index in [1.807, 2.05) is 13.8 Å². The highest BCUT2D eigenvalue weighted by Crippen LogP contribution is 2.40. The summed E-state index contributed by atoms with van der Waals surface area (Å²) in [6, 6.07) is 3.88. The summed E-state index contributed by atoms with van der Waals surface area (Å²) in [5, 5.41) is 16.9. The normalized spacial score (nSPS) is 18.5. The largest absolute Gasteiger partial charge is 0.349 e. The molecule has 3 heterocycles. The molecule has 1 aliphatic heterocycles. The highest BCUT2D eigenvalue weighted by molar-refractivity contribution is 6.01. The van der Waals surface area contributed by atoms with Gasteiger partial charge in [0.1, 0.15) is 11.2 Å². The highest BCUT2D eigenvalue weighted by Gasteiger charge is 2.50. The Balaban J connectivity index is 1.69. The molecule has 2 aromatic rings. The van der Waals surface area contributed by atoms with Crippen LogP contribution in [0.25, 0.3) is 0 Å². The third kappa shape index (κ3) is 4.10. The van der Waals surface area contributed by atoms with Crippen molar-refractivity contribution in [1.82, 2.24) is 24.6 Å². The molecular formula is C20H26N8O2. The van der Waals surface area contributed by atoms with E-state index in [1.165, 1.54) is 0 Å². The lowest BCUT2D eigenvalue weighted by Crippen LogP contribution is -2.37. The van der Waals surface area contributed by atoms with Crippen LogP contribution in [0.2, 0.25) is 0 Å². The molecule has 0 aliphatic carbocycles. The predicted octanol–water partition coefficient (Wildman–Crippen LogP) is 1.80. The smallest absolute Gasteiger partial charge is 0.248 e. The van der Waals surface area contributed by atoms with Gasteiger partial charge in [0.25, 0.3) is 0 Å². The Morgan fingerprint density at radius 1 is 1.43 bits per heavy atom. The van der Waals surface area contributed by atoms with Crippen LogP contribution in [0, 0.1) is 22.7 Å². The number of hydrogen-bond donors (Lipinski definition) is 1. The number of carbonyl (C=O) groups excluding carboxylic acids is 2. The number of hydrogen-bond acceptors (Lipinski definition) is 7. The number of amides is 2. The van der Waals surface area contributed by atoms with Gasteiger partial charge in [0.05, 0.1) is 18.0 Å². The number of anilines is 3. The molecule has 10 heteroatoms. The summed E-state index contributed by atoms with van der Waals surface area (Å²) in [5.41, 5.74) is -0.338. The van der Waals surface area contributed by atoms with Crippen molar-refractivity contribution in [2.75, 3.05) is 30.9 Å². The van der Waals surface area contributed by atoms with E-state index in [-0.39, 0.29) is 17.7 Å². The molecule has 0 spiro atoms. The monoisotopic (exact) mass is 410 g/mol. The number of rotatable bonds is 7. The van der Waals surface area contributed by atoms with Crippen LogP contribution >= 0.6 is 0 Å². The van der Waals surface area contributed by atoms with Gasteiger partial charge in [-0.15, -0.1) is 0 Å². The molecule has 30 heavy (non-hydrogen) atoms. The fraction of sp³-hybridized carbons (Fsp3) is 0.500. The van der Waals surface area contributed by atoms with Crippen molar-refractivity contribution < 1.29 is 9.59 Å². The van der Waals surface area contributed by atoms with E-state index >= 15 is 0 Å². The highest BCUT2D eigenvalue weighted by atomic mass is 16.2. The molecule has 1 N–H and O–H groups in total. The van der Waals surface area contributed by atoms with Crippen LogP contribution in [0.5, 0.6) is 0 Å². The molecule has 1 saturated heterocycles. The maximum atomic E-state index is 12.9. The van der Waals surface area contributed by atoms with Crippen molar-refractivity contribution in [3.63, 3.8) is 0 Å². The minimum Gasteiger partial charge on any atom is -0.349 e. The van der Waals surface area contributed by atoms with Crippen molar-refractivity contribution in [3.05, 3.63) is 24.7 Å². The molecule has 2 amide bonds. The Bertz CT molecular complexity index is 977. The second kappa shape index (κ2) is 8.49. The van der Waals surface area contributed by atoms with Crippen molar-refractivity contribution >= 4 is 29.3 Å². The van der Waals surface area contributed by atoms with Crippen LogP contribution in [0.1, 0.15) is 26.7 Å². The molecule has 2 aromatic heterocycles. The topological polar surface area (TPSA) is 120 Å². The van der Waals surface area contributed by atoms with Gasteiger partial charge in [-0.25, -0.2) is 4.98 Å². The molecule has 3 rings (SSSR count). The summed E-state index contributed by atoms with van der Waals surface area (Å²) in [5.74, 6) is 0.510. The van der Waals surface area contributed by atoms with E-state index in [4.69, 9.17) is 0 Å². The van der Waals surface area contributed by atoms with Crippen LogP contribution in [0.4, 0.5) is 17.5 Å². The zero-order valence-corrected chi connectivity index (χ0v) is 17.7. The van der Waals surface area contributed by atoms with E-state index in [2.05, 4.69) is 26.5 Å². The molecule has 10 nitrogen and oxygen atoms in total. The van der Waals surface area contributed by atoms with Gasteiger partial charge in [-0.3, -0.25) is 19.2 Å². The zero-order chi connectivity index (χ0) is 21.9. The molecule has 0 unspecified atom stereocenters. The van der Waals surface area contributed by atoms with E-state index in [9.17, 15) is 14.9 Å². The molecule has 1 fully saturated rings. The second-order valence-corrected chi connectivity index (χ2v) is 7.84. The Labute approximate surface area is 175 Å². The number of nitrogens with one attached hydrogen (secondary N) is 1. The average Bonchev–Trinajstić information content (AvgIpc) is 3.30. The minimum absolute atomic E-state index is 0.0289. The Kier molecular flexibility index (Phi) is 6.01. The van der Waals surface area contributed by atoms with E-state index in [0.717, 1.165) is 0 Å². The molecule has 158 valence electrons. The molecule has 0 aromatic carbocycles. The quantitative estimate of drug-likeness (QED) is 0.739. The molecular weight excluding hydrogens is 384 g/mol. The summed E-state index contributed by atoms with van der Waals surface area (Å²) < 4.78 is 1.67. The lowest BCUT2D eigenvalue weighted by atomic mass is 9.77. The first-order valence-electron chi connectivity index (χ1n) is 9.82. The standard InChI is InChI=1S/C20H26N8O2/c1-14(2)20(13-21)7-10-28(18(20)30)16-5-8-22-19(25-16)24-15-11-23-27(12-15)9-6-17(29)26(3)4/h5,8,11-12,14H,6-7,9-10H2,1-4H3,(H,22,24,25)/t20-/m1/s1. The van der Waals surface area contributed by atoms with Crippen molar-refractivity contribution in [3.8, 4) is 6.07 Å². The molecule has 1 atom stereocenters. The van der Waals surface area contributed by atoms with Gasteiger partial charge >= 0.3 is 0 Å². The van der Waals surface area contributed by atoms with Gasteiger partial charge in [0, 0.05) is 46.0 Å². The first kappa shape index (κ1) is 21.2. The number of nitrogens with zero attached hydrogens (tertiary/aromatic N) is 7. The number of aryl methyl sites for hydroxylation is 1. The maximum absolute atomic E-state index is 12.9. The fourth-order valence-corrected chi connectivity index (χ4v) is 3.40. The summed E-state index contributed by atoms with van der Waals surface area (Å²) in [4.78, 5) is 36.4. The third-order valence-electron chi connectivity index (χ3n) is 5.40. The van der Waals surface area contributed by atoms with Crippen LogP contribution in [-0.2, 0) is 16.1 Å². The Hall–Kier alpha value is -3.48. The van der Waals surface area contributed by atoms with Crippen LogP contribution in [0.3, 0.4) is 0 Å². The lowest BCUT2D eigenvalue weighted by molar-refractivity contribution is -0.129. The van der Waals surface area contributed by atoms with Gasteiger partial charge in [-0.05, 0) is 18.4 Å². The molecule has 1 aliphatic rings. The summed E-state index contributed by atoms with van der Waals surface area (Å²) in [6.45, 7) is 4.69. The zero-order valence-electron chi connectivity index (χ0n) is 17.7. The average molecular weight is 410 g/mol. The Morgan fingerprint density at radius 2 is 2.20 bits per heavy atom. The lowest BCUT2D eigenvalue weighted by Gasteiger charge is -2.24. The SMILES string of the molecule is CC(C)[C@]1(C#N)CCN(c2ccnc(Nc3cnn(CCC(=O)N(C)C)c3)n2)C1=O. The second-order valence-electron chi connectivity index (χ2n) is 7.84. The maximum Gasteiger partial charge on any atom is 0.248 e. The Morgan fingerprint density at radius 3 is 2.83 bits per heavy atom. The number of carbonyl (C=O) groups is 2. The van der Waals surface area contributed by atoms with Crippen LogP contribution < -0.4 is 10.2 Å². The first-order chi connectivity index (χ1) is 14.3. The van der Waals surface area contributed by atoms with Crippen LogP contribution in [-0.4, -0.2) is 57.1 Å². The van der Waals surface area contributed by atoms with E-state index in [0.29, 0.717) is 43.4 Å². The minimum atomic E-state index is -1.01. The van der Waals surface area contributed by atoms with Crippen molar-refractivity contribution in [1.29, 1.82) is 5.26 Å². The van der Waals surface area contributed by atoms with Crippen molar-refractivity contribution in [2.24, 2.45) is 11.3 Å². The van der Waals surface area contributed by atoms with E-state index < -0.39 is 5.41 Å². The molecule has 0 radical (unpaired) electrons. The molecule has 0 saturated carbocycles. The van der Waals surface area contributed by atoms with E-state index in [1.54, 1.807) is 53.2 Å². The van der Waals surface area contributed by atoms with Crippen LogP contribution in [0.15, 0.2) is 24.7 Å². The predicted molar refractivity (Wildman–Crippen MR) is 111 cm³/mol. The molecule has 0 bridgehead atoms. The first-order valence-corrected chi connectivity index (χ1v) is 9.82.